The van der Waals surface area contributed by atoms with Crippen molar-refractivity contribution in [2.75, 3.05) is 13.3 Å². The van der Waals surface area contributed by atoms with Gasteiger partial charge in [-0.25, -0.2) is 8.42 Å². The molecular formula is C16H27NO2S. The predicted octanol–water partition coefficient (Wildman–Crippen LogP) is 3.07. The van der Waals surface area contributed by atoms with Gasteiger partial charge in [0.2, 0.25) is 0 Å². The third-order valence-electron chi connectivity index (χ3n) is 4.39. The monoisotopic (exact) mass is 297 g/mol. The highest BCUT2D eigenvalue weighted by atomic mass is 32.2. The van der Waals surface area contributed by atoms with Gasteiger partial charge in [0.25, 0.3) is 0 Å². The molecule has 0 heterocycles. The lowest BCUT2D eigenvalue weighted by molar-refractivity contribution is 0.504. The Balaban J connectivity index is 3.08. The van der Waals surface area contributed by atoms with E-state index >= 15 is 0 Å². The Kier molecular flexibility index (Phi) is 5.39. The van der Waals surface area contributed by atoms with E-state index in [1.54, 1.807) is 14.0 Å². The molecule has 0 amide bonds. The van der Waals surface area contributed by atoms with Gasteiger partial charge in [0.1, 0.15) is 0 Å². The third kappa shape index (κ3) is 3.83. The van der Waals surface area contributed by atoms with Gasteiger partial charge in [0, 0.05) is 12.3 Å². The molecule has 1 aromatic carbocycles. The number of rotatable bonds is 6. The summed E-state index contributed by atoms with van der Waals surface area (Å²) < 4.78 is 23.5. The maximum absolute atomic E-state index is 11.7. The number of hydrogen-bond donors (Lipinski definition) is 1. The van der Waals surface area contributed by atoms with E-state index in [0.717, 1.165) is 12.0 Å². The van der Waals surface area contributed by atoms with Gasteiger partial charge >= 0.3 is 0 Å². The van der Waals surface area contributed by atoms with Crippen LogP contribution in [-0.4, -0.2) is 27.0 Å². The van der Waals surface area contributed by atoms with Crippen molar-refractivity contribution in [2.45, 2.75) is 50.8 Å². The van der Waals surface area contributed by atoms with Gasteiger partial charge < -0.3 is 5.32 Å². The van der Waals surface area contributed by atoms with Crippen LogP contribution in [0.3, 0.4) is 0 Å². The van der Waals surface area contributed by atoms with Gasteiger partial charge in [-0.05, 0) is 36.9 Å². The zero-order chi connectivity index (χ0) is 15.6. The molecule has 0 saturated heterocycles. The van der Waals surface area contributed by atoms with Crippen molar-refractivity contribution < 1.29 is 8.42 Å². The molecule has 0 spiro atoms. The summed E-state index contributed by atoms with van der Waals surface area (Å²) in [4.78, 5) is 0. The molecule has 0 saturated carbocycles. The predicted molar refractivity (Wildman–Crippen MR) is 85.9 cm³/mol. The molecule has 0 aliphatic heterocycles. The maximum Gasteiger partial charge on any atom is 0.151 e. The van der Waals surface area contributed by atoms with E-state index in [-0.39, 0.29) is 11.5 Å². The summed E-state index contributed by atoms with van der Waals surface area (Å²) in [6, 6.07) is 8.12. The average molecular weight is 297 g/mol. The number of hydrogen-bond acceptors (Lipinski definition) is 3. The highest BCUT2D eigenvalue weighted by molar-refractivity contribution is 7.91. The molecule has 0 aliphatic rings. The largest absolute Gasteiger partial charge is 0.312 e. The standard InChI is InChI=1S/C16H27NO2S/c1-7-16(3,4)14-10-8-13(9-11-14)15(17-5)12(2)20(6,18)19/h8-12,15,17H,7H2,1-6H3. The Hall–Kier alpha value is -0.870. The zero-order valence-electron chi connectivity index (χ0n) is 13.4. The van der Waals surface area contributed by atoms with Gasteiger partial charge in [-0.15, -0.1) is 0 Å². The van der Waals surface area contributed by atoms with Crippen molar-refractivity contribution in [3.8, 4) is 0 Å². The first-order valence-corrected chi connectivity index (χ1v) is 9.05. The Morgan fingerprint density at radius 3 is 2.05 bits per heavy atom. The molecule has 2 atom stereocenters. The van der Waals surface area contributed by atoms with Gasteiger partial charge in [-0.2, -0.15) is 0 Å². The molecule has 1 rings (SSSR count). The van der Waals surface area contributed by atoms with Crippen LogP contribution in [0.4, 0.5) is 0 Å². The Morgan fingerprint density at radius 1 is 1.20 bits per heavy atom. The van der Waals surface area contributed by atoms with Gasteiger partial charge in [0.05, 0.1) is 5.25 Å². The summed E-state index contributed by atoms with van der Waals surface area (Å²) in [6.07, 6.45) is 2.36. The Labute approximate surface area is 123 Å². The normalized spacial score (nSPS) is 15.9. The summed E-state index contributed by atoms with van der Waals surface area (Å²) in [5.41, 5.74) is 2.45. The van der Waals surface area contributed by atoms with E-state index in [4.69, 9.17) is 0 Å². The SMILES string of the molecule is CCC(C)(C)c1ccc(C(NC)C(C)S(C)(=O)=O)cc1. The summed E-state index contributed by atoms with van der Waals surface area (Å²) in [5, 5.41) is 2.67. The number of benzene rings is 1. The topological polar surface area (TPSA) is 46.2 Å². The first-order valence-electron chi connectivity index (χ1n) is 7.10. The molecule has 0 aliphatic carbocycles. The molecule has 0 fully saturated rings. The minimum atomic E-state index is -3.07. The lowest BCUT2D eigenvalue weighted by atomic mass is 9.81. The van der Waals surface area contributed by atoms with Gasteiger partial charge in [0.15, 0.2) is 9.84 Å². The summed E-state index contributed by atoms with van der Waals surface area (Å²) in [6.45, 7) is 8.36. The Bertz CT molecular complexity index is 532. The first-order chi connectivity index (χ1) is 9.13. The molecule has 0 aromatic heterocycles. The van der Waals surface area contributed by atoms with E-state index < -0.39 is 15.1 Å². The van der Waals surface area contributed by atoms with Crippen LogP contribution >= 0.6 is 0 Å². The van der Waals surface area contributed by atoms with Crippen LogP contribution < -0.4 is 5.32 Å². The van der Waals surface area contributed by atoms with Crippen molar-refractivity contribution in [2.24, 2.45) is 0 Å². The summed E-state index contributed by atoms with van der Waals surface area (Å²) in [5.74, 6) is 0. The van der Waals surface area contributed by atoms with Crippen LogP contribution in [-0.2, 0) is 15.3 Å². The highest BCUT2D eigenvalue weighted by Gasteiger charge is 2.26. The zero-order valence-corrected chi connectivity index (χ0v) is 14.2. The smallest absolute Gasteiger partial charge is 0.151 e. The quantitative estimate of drug-likeness (QED) is 0.878. The second-order valence-electron chi connectivity index (χ2n) is 6.16. The van der Waals surface area contributed by atoms with E-state index in [9.17, 15) is 8.42 Å². The molecule has 2 unspecified atom stereocenters. The fourth-order valence-corrected chi connectivity index (χ4v) is 3.05. The van der Waals surface area contributed by atoms with Crippen molar-refractivity contribution >= 4 is 9.84 Å². The van der Waals surface area contributed by atoms with Crippen molar-refractivity contribution in [1.82, 2.24) is 5.32 Å². The maximum atomic E-state index is 11.7. The minimum Gasteiger partial charge on any atom is -0.312 e. The van der Waals surface area contributed by atoms with Crippen molar-refractivity contribution in [1.29, 1.82) is 0 Å². The molecule has 1 aromatic rings. The van der Waals surface area contributed by atoms with Crippen LogP contribution in [0.2, 0.25) is 0 Å². The van der Waals surface area contributed by atoms with Gasteiger partial charge in [-0.1, -0.05) is 45.0 Å². The van der Waals surface area contributed by atoms with E-state index in [2.05, 4.69) is 38.2 Å². The van der Waals surface area contributed by atoms with E-state index in [1.165, 1.54) is 11.8 Å². The van der Waals surface area contributed by atoms with Crippen LogP contribution in [0.15, 0.2) is 24.3 Å². The fourth-order valence-electron chi connectivity index (χ4n) is 2.27. The summed E-state index contributed by atoms with van der Waals surface area (Å²) >= 11 is 0. The Morgan fingerprint density at radius 2 is 1.70 bits per heavy atom. The average Bonchev–Trinajstić information content (AvgIpc) is 2.39. The molecule has 20 heavy (non-hydrogen) atoms. The number of sulfone groups is 1. The van der Waals surface area contributed by atoms with Gasteiger partial charge in [-0.3, -0.25) is 0 Å². The molecule has 114 valence electrons. The first kappa shape index (κ1) is 17.2. The highest BCUT2D eigenvalue weighted by Crippen LogP contribution is 2.29. The second kappa shape index (κ2) is 6.27. The second-order valence-corrected chi connectivity index (χ2v) is 8.56. The fraction of sp³-hybridized carbons (Fsp3) is 0.625. The van der Waals surface area contributed by atoms with Crippen molar-refractivity contribution in [3.05, 3.63) is 35.4 Å². The van der Waals surface area contributed by atoms with Crippen molar-refractivity contribution in [3.63, 3.8) is 0 Å². The molecule has 1 N–H and O–H groups in total. The molecule has 3 nitrogen and oxygen atoms in total. The lowest BCUT2D eigenvalue weighted by Crippen LogP contribution is -2.33. The molecular weight excluding hydrogens is 270 g/mol. The summed E-state index contributed by atoms with van der Waals surface area (Å²) in [7, 11) is -1.27. The van der Waals surface area contributed by atoms with Crippen LogP contribution in [0.25, 0.3) is 0 Å². The number of nitrogens with one attached hydrogen (secondary N) is 1. The molecule has 0 radical (unpaired) electrons. The van der Waals surface area contributed by atoms with E-state index in [0.29, 0.717) is 0 Å². The van der Waals surface area contributed by atoms with Crippen LogP contribution in [0.1, 0.15) is 51.3 Å². The lowest BCUT2D eigenvalue weighted by Gasteiger charge is -2.26. The minimum absolute atomic E-state index is 0.149. The van der Waals surface area contributed by atoms with E-state index in [1.807, 2.05) is 12.1 Å². The third-order valence-corrected chi connectivity index (χ3v) is 6.01. The molecule has 0 bridgehead atoms. The van der Waals surface area contributed by atoms with Crippen LogP contribution in [0.5, 0.6) is 0 Å². The molecule has 4 heteroatoms. The van der Waals surface area contributed by atoms with Crippen LogP contribution in [0, 0.1) is 0 Å².